The van der Waals surface area contributed by atoms with Crippen LogP contribution in [0.15, 0.2) is 51.2 Å². The maximum Gasteiger partial charge on any atom is 0.243 e. The summed E-state index contributed by atoms with van der Waals surface area (Å²) in [5.41, 5.74) is 1.16. The molecule has 0 aliphatic heterocycles. The lowest BCUT2D eigenvalue weighted by molar-refractivity contribution is -0.127. The minimum absolute atomic E-state index is 0. The fraction of sp³-hybridized carbons (Fsp3) is 0.333. The number of carbonyl (C=O) groups excluding carboxylic acids is 1. The van der Waals surface area contributed by atoms with E-state index >= 15 is 0 Å². The molecule has 0 radical (unpaired) electrons. The van der Waals surface area contributed by atoms with E-state index in [1.165, 1.54) is 4.88 Å². The Hall–Kier alpha value is -1.13. The molecule has 26 heavy (non-hydrogen) atoms. The number of nitrogens with zero attached hydrogens (tertiary/aromatic N) is 3. The number of likely N-dealkylation sites (N-methyl/N-ethyl adjacent to an activating group) is 1. The minimum Gasteiger partial charge on any atom is -0.351 e. The number of aliphatic imine (C=N–C) groups is 1. The summed E-state index contributed by atoms with van der Waals surface area (Å²) in [4.78, 5) is 21.2. The van der Waals surface area contributed by atoms with Gasteiger partial charge in [0.1, 0.15) is 6.54 Å². The fourth-order valence-electron chi connectivity index (χ4n) is 2.13. The second kappa shape index (κ2) is 11.6. The first-order valence-corrected chi connectivity index (χ1v) is 9.60. The summed E-state index contributed by atoms with van der Waals surface area (Å²) in [6.45, 7) is 1.50. The molecule has 1 amide bonds. The second-order valence-corrected chi connectivity index (χ2v) is 7.69. The number of hydrogen-bond acceptors (Lipinski definition) is 3. The van der Waals surface area contributed by atoms with Gasteiger partial charge in [-0.3, -0.25) is 4.79 Å². The summed E-state index contributed by atoms with van der Waals surface area (Å²) < 4.78 is 1.06. The van der Waals surface area contributed by atoms with Crippen molar-refractivity contribution in [2.45, 2.75) is 13.1 Å². The first-order chi connectivity index (χ1) is 12.0. The summed E-state index contributed by atoms with van der Waals surface area (Å²) in [6, 6.07) is 12.2. The molecule has 5 nitrogen and oxygen atoms in total. The maximum atomic E-state index is 11.9. The number of benzene rings is 1. The number of amides is 1. The molecule has 142 valence electrons. The Morgan fingerprint density at radius 3 is 2.54 bits per heavy atom. The number of hydrogen-bond donors (Lipinski definition) is 1. The highest BCUT2D eigenvalue weighted by Crippen LogP contribution is 2.17. The van der Waals surface area contributed by atoms with Crippen molar-refractivity contribution in [2.75, 3.05) is 27.7 Å². The number of carbonyl (C=O) groups is 1. The van der Waals surface area contributed by atoms with Crippen molar-refractivity contribution in [3.05, 3.63) is 56.7 Å². The Balaban J connectivity index is 0.00000338. The molecule has 0 aliphatic carbocycles. The molecule has 2 aromatic rings. The van der Waals surface area contributed by atoms with E-state index in [1.807, 2.05) is 41.6 Å². The average molecular weight is 551 g/mol. The normalized spacial score (nSPS) is 10.8. The van der Waals surface area contributed by atoms with E-state index in [-0.39, 0.29) is 36.4 Å². The fourth-order valence-corrected chi connectivity index (χ4v) is 3.19. The number of halogens is 2. The topological polar surface area (TPSA) is 47.9 Å². The Morgan fingerprint density at radius 2 is 1.92 bits per heavy atom. The van der Waals surface area contributed by atoms with E-state index in [0.29, 0.717) is 19.0 Å². The van der Waals surface area contributed by atoms with E-state index in [2.05, 4.69) is 38.4 Å². The SMILES string of the molecule is CN(C)C(=O)CN=C(NCc1cccs1)N(C)Cc1ccccc1Br.I. The van der Waals surface area contributed by atoms with Gasteiger partial charge in [0.05, 0.1) is 6.54 Å². The molecule has 0 fully saturated rings. The molecule has 2 rings (SSSR count). The predicted octanol–water partition coefficient (Wildman–Crippen LogP) is 3.79. The van der Waals surface area contributed by atoms with Crippen molar-refractivity contribution in [3.8, 4) is 0 Å². The van der Waals surface area contributed by atoms with Crippen LogP contribution in [-0.4, -0.2) is 49.4 Å². The van der Waals surface area contributed by atoms with E-state index in [1.54, 1.807) is 30.3 Å². The molecule has 0 saturated carbocycles. The van der Waals surface area contributed by atoms with E-state index in [0.717, 1.165) is 10.0 Å². The van der Waals surface area contributed by atoms with Crippen LogP contribution in [0.1, 0.15) is 10.4 Å². The molecule has 1 aromatic heterocycles. The summed E-state index contributed by atoms with van der Waals surface area (Å²) in [5.74, 6) is 0.684. The van der Waals surface area contributed by atoms with Gasteiger partial charge in [0, 0.05) is 37.0 Å². The average Bonchev–Trinajstić information content (AvgIpc) is 3.10. The van der Waals surface area contributed by atoms with Gasteiger partial charge in [0.25, 0.3) is 0 Å². The Labute approximate surface area is 184 Å². The van der Waals surface area contributed by atoms with Gasteiger partial charge < -0.3 is 15.1 Å². The zero-order valence-corrected chi connectivity index (χ0v) is 19.8. The summed E-state index contributed by atoms with van der Waals surface area (Å²) in [5, 5.41) is 5.41. The first kappa shape index (κ1) is 22.9. The third-order valence-electron chi connectivity index (χ3n) is 3.59. The third-order valence-corrected chi connectivity index (χ3v) is 5.24. The van der Waals surface area contributed by atoms with Crippen molar-refractivity contribution in [1.82, 2.24) is 15.1 Å². The summed E-state index contributed by atoms with van der Waals surface area (Å²) in [7, 11) is 5.45. The largest absolute Gasteiger partial charge is 0.351 e. The van der Waals surface area contributed by atoms with Gasteiger partial charge in [0.15, 0.2) is 5.96 Å². The number of guanidine groups is 1. The lowest BCUT2D eigenvalue weighted by atomic mass is 10.2. The third kappa shape index (κ3) is 7.24. The predicted molar refractivity (Wildman–Crippen MR) is 123 cm³/mol. The van der Waals surface area contributed by atoms with E-state index in [9.17, 15) is 4.79 Å². The van der Waals surface area contributed by atoms with Crippen LogP contribution in [0.5, 0.6) is 0 Å². The summed E-state index contributed by atoms with van der Waals surface area (Å²) in [6.07, 6.45) is 0. The molecule has 0 saturated heterocycles. The van der Waals surface area contributed by atoms with Crippen LogP contribution < -0.4 is 5.32 Å². The van der Waals surface area contributed by atoms with Crippen LogP contribution in [0.3, 0.4) is 0 Å². The first-order valence-electron chi connectivity index (χ1n) is 7.92. The monoisotopic (exact) mass is 550 g/mol. The van der Waals surface area contributed by atoms with Crippen LogP contribution in [-0.2, 0) is 17.9 Å². The van der Waals surface area contributed by atoms with Gasteiger partial charge in [-0.2, -0.15) is 0 Å². The standard InChI is InChI=1S/C18H23BrN4OS.HI/c1-22(2)17(24)12-21-18(20-11-15-8-6-10-25-15)23(3)13-14-7-4-5-9-16(14)19;/h4-10H,11-13H2,1-3H3,(H,20,21);1H. The molecular formula is C18H24BrIN4OS. The van der Waals surface area contributed by atoms with Gasteiger partial charge in [0.2, 0.25) is 5.91 Å². The highest BCUT2D eigenvalue weighted by Gasteiger charge is 2.11. The Bertz CT molecular complexity index is 722. The second-order valence-electron chi connectivity index (χ2n) is 5.81. The van der Waals surface area contributed by atoms with Crippen LogP contribution in [0, 0.1) is 0 Å². The molecule has 1 aromatic carbocycles. The van der Waals surface area contributed by atoms with Crippen molar-refractivity contribution >= 4 is 63.1 Å². The van der Waals surface area contributed by atoms with Gasteiger partial charge >= 0.3 is 0 Å². The highest BCUT2D eigenvalue weighted by atomic mass is 127. The lowest BCUT2D eigenvalue weighted by Crippen LogP contribution is -2.39. The molecule has 1 heterocycles. The molecule has 0 atom stereocenters. The van der Waals surface area contributed by atoms with Gasteiger partial charge in [-0.1, -0.05) is 40.2 Å². The Morgan fingerprint density at radius 1 is 1.19 bits per heavy atom. The van der Waals surface area contributed by atoms with Crippen LogP contribution >= 0.6 is 51.2 Å². The van der Waals surface area contributed by atoms with Crippen molar-refractivity contribution in [3.63, 3.8) is 0 Å². The van der Waals surface area contributed by atoms with Crippen molar-refractivity contribution in [2.24, 2.45) is 4.99 Å². The lowest BCUT2D eigenvalue weighted by Gasteiger charge is -2.23. The van der Waals surface area contributed by atoms with Crippen molar-refractivity contribution < 1.29 is 4.79 Å². The Kier molecular flexibility index (Phi) is 10.2. The molecule has 0 spiro atoms. The molecule has 0 bridgehead atoms. The number of thiophene rings is 1. The minimum atomic E-state index is -0.0234. The highest BCUT2D eigenvalue weighted by molar-refractivity contribution is 14.0. The van der Waals surface area contributed by atoms with Crippen LogP contribution in [0.2, 0.25) is 0 Å². The van der Waals surface area contributed by atoms with Gasteiger partial charge in [-0.25, -0.2) is 4.99 Å². The molecule has 8 heteroatoms. The molecule has 0 aliphatic rings. The molecular weight excluding hydrogens is 527 g/mol. The zero-order valence-electron chi connectivity index (χ0n) is 15.1. The number of nitrogens with one attached hydrogen (secondary N) is 1. The summed E-state index contributed by atoms with van der Waals surface area (Å²) >= 11 is 5.27. The zero-order chi connectivity index (χ0) is 18.2. The molecule has 1 N–H and O–H groups in total. The van der Waals surface area contributed by atoms with Crippen LogP contribution in [0.25, 0.3) is 0 Å². The van der Waals surface area contributed by atoms with Gasteiger partial charge in [-0.15, -0.1) is 35.3 Å². The molecule has 0 unspecified atom stereocenters. The van der Waals surface area contributed by atoms with E-state index in [4.69, 9.17) is 0 Å². The van der Waals surface area contributed by atoms with E-state index < -0.39 is 0 Å². The maximum absolute atomic E-state index is 11.9. The quantitative estimate of drug-likeness (QED) is 0.338. The number of rotatable bonds is 6. The van der Waals surface area contributed by atoms with Crippen LogP contribution in [0.4, 0.5) is 0 Å². The smallest absolute Gasteiger partial charge is 0.243 e. The van der Waals surface area contributed by atoms with Gasteiger partial charge in [-0.05, 0) is 23.1 Å². The van der Waals surface area contributed by atoms with Crippen molar-refractivity contribution in [1.29, 1.82) is 0 Å².